The Morgan fingerprint density at radius 1 is 1.43 bits per heavy atom. The first-order chi connectivity index (χ1) is 10.2. The molecule has 2 aromatic rings. The number of ether oxygens (including phenoxy) is 1. The molecule has 1 aromatic heterocycles. The number of H-pyrrole nitrogens is 1. The minimum absolute atomic E-state index is 0.0444. The van der Waals surface area contributed by atoms with E-state index in [1.165, 1.54) is 0 Å². The summed E-state index contributed by atoms with van der Waals surface area (Å²) in [7, 11) is 0. The number of rotatable bonds is 3. The van der Waals surface area contributed by atoms with E-state index in [1.807, 2.05) is 6.92 Å². The van der Waals surface area contributed by atoms with Crippen molar-refractivity contribution in [2.45, 2.75) is 31.9 Å². The lowest BCUT2D eigenvalue weighted by Gasteiger charge is -2.19. The van der Waals surface area contributed by atoms with Gasteiger partial charge in [-0.1, -0.05) is 18.2 Å². The van der Waals surface area contributed by atoms with Crippen LogP contribution in [-0.2, 0) is 4.74 Å². The van der Waals surface area contributed by atoms with E-state index in [9.17, 15) is 9.59 Å². The molecule has 1 amide bonds. The zero-order chi connectivity index (χ0) is 14.8. The Kier molecular flexibility index (Phi) is 3.70. The quantitative estimate of drug-likeness (QED) is 0.889. The summed E-state index contributed by atoms with van der Waals surface area (Å²) in [6.45, 7) is 2.66. The smallest absolute Gasteiger partial charge is 0.272 e. The van der Waals surface area contributed by atoms with Crippen molar-refractivity contribution >= 4 is 16.7 Å². The van der Waals surface area contributed by atoms with Crippen LogP contribution in [0.1, 0.15) is 30.3 Å². The number of nitrogens with one attached hydrogen (secondary N) is 2. The van der Waals surface area contributed by atoms with Gasteiger partial charge < -0.3 is 10.1 Å². The molecule has 3 rings (SSSR count). The summed E-state index contributed by atoms with van der Waals surface area (Å²) in [6.07, 6.45) is 2.01. The first-order valence-corrected chi connectivity index (χ1v) is 7.06. The molecule has 1 saturated heterocycles. The molecule has 6 nitrogen and oxygen atoms in total. The van der Waals surface area contributed by atoms with Gasteiger partial charge in [0.15, 0.2) is 5.69 Å². The molecule has 1 aromatic carbocycles. The molecule has 1 aliphatic rings. The minimum atomic E-state index is -0.301. The zero-order valence-electron chi connectivity index (χ0n) is 11.8. The molecule has 0 radical (unpaired) electrons. The third-order valence-electron chi connectivity index (χ3n) is 3.79. The summed E-state index contributed by atoms with van der Waals surface area (Å²) >= 11 is 0. The van der Waals surface area contributed by atoms with Crippen LogP contribution >= 0.6 is 0 Å². The molecule has 2 N–H and O–H groups in total. The molecule has 6 heteroatoms. The second-order valence-corrected chi connectivity index (χ2v) is 5.26. The predicted octanol–water partition coefficient (Wildman–Crippen LogP) is 1.22. The number of hydrogen-bond acceptors (Lipinski definition) is 4. The summed E-state index contributed by atoms with van der Waals surface area (Å²) < 4.78 is 5.57. The van der Waals surface area contributed by atoms with Crippen molar-refractivity contribution in [3.05, 3.63) is 40.3 Å². The van der Waals surface area contributed by atoms with E-state index in [2.05, 4.69) is 15.5 Å². The number of fused-ring (bicyclic) bond motifs is 1. The standard InChI is InChI=1S/C15H17N3O3/c1-9(12-7-4-8-21-12)16-15(20)13-10-5-2-3-6-11(10)14(19)18-17-13/h2-3,5-6,9,12H,4,7-8H2,1H3,(H,16,20)(H,18,19)/t9-,12-/m0/s1. The van der Waals surface area contributed by atoms with Gasteiger partial charge in [0, 0.05) is 12.0 Å². The highest BCUT2D eigenvalue weighted by Gasteiger charge is 2.25. The maximum Gasteiger partial charge on any atom is 0.272 e. The number of hydrogen-bond donors (Lipinski definition) is 2. The van der Waals surface area contributed by atoms with Gasteiger partial charge in [-0.3, -0.25) is 9.59 Å². The predicted molar refractivity (Wildman–Crippen MR) is 78.3 cm³/mol. The number of carbonyl (C=O) groups is 1. The third-order valence-corrected chi connectivity index (χ3v) is 3.79. The van der Waals surface area contributed by atoms with Crippen molar-refractivity contribution in [3.63, 3.8) is 0 Å². The maximum atomic E-state index is 12.4. The zero-order valence-corrected chi connectivity index (χ0v) is 11.8. The van der Waals surface area contributed by atoms with E-state index in [0.29, 0.717) is 10.8 Å². The van der Waals surface area contributed by atoms with Crippen LogP contribution in [-0.4, -0.2) is 34.9 Å². The van der Waals surface area contributed by atoms with Crippen molar-refractivity contribution in [1.82, 2.24) is 15.5 Å². The summed E-state index contributed by atoms with van der Waals surface area (Å²) in [4.78, 5) is 24.1. The number of nitrogens with zero attached hydrogens (tertiary/aromatic N) is 1. The largest absolute Gasteiger partial charge is 0.376 e. The van der Waals surface area contributed by atoms with Crippen molar-refractivity contribution in [3.8, 4) is 0 Å². The van der Waals surface area contributed by atoms with E-state index in [0.717, 1.165) is 19.4 Å². The number of aromatic amines is 1. The maximum absolute atomic E-state index is 12.4. The Morgan fingerprint density at radius 3 is 2.90 bits per heavy atom. The molecule has 21 heavy (non-hydrogen) atoms. The van der Waals surface area contributed by atoms with Crippen molar-refractivity contribution in [2.24, 2.45) is 0 Å². The Bertz CT molecular complexity index is 719. The van der Waals surface area contributed by atoms with Gasteiger partial charge in [-0.2, -0.15) is 5.10 Å². The van der Waals surface area contributed by atoms with Crippen LogP contribution in [0.5, 0.6) is 0 Å². The highest BCUT2D eigenvalue weighted by atomic mass is 16.5. The van der Waals surface area contributed by atoms with Gasteiger partial charge in [-0.15, -0.1) is 0 Å². The van der Waals surface area contributed by atoms with E-state index >= 15 is 0 Å². The van der Waals surface area contributed by atoms with Gasteiger partial charge >= 0.3 is 0 Å². The fourth-order valence-corrected chi connectivity index (χ4v) is 2.65. The molecule has 1 fully saturated rings. The lowest BCUT2D eigenvalue weighted by atomic mass is 10.1. The van der Waals surface area contributed by atoms with Crippen molar-refractivity contribution in [2.75, 3.05) is 6.61 Å². The van der Waals surface area contributed by atoms with E-state index in [1.54, 1.807) is 24.3 Å². The van der Waals surface area contributed by atoms with Crippen molar-refractivity contribution in [1.29, 1.82) is 0 Å². The molecule has 110 valence electrons. The van der Waals surface area contributed by atoms with Crippen LogP contribution in [0.25, 0.3) is 10.8 Å². The van der Waals surface area contributed by atoms with E-state index in [-0.39, 0.29) is 29.3 Å². The molecule has 0 spiro atoms. The van der Waals surface area contributed by atoms with Crippen LogP contribution in [0.15, 0.2) is 29.1 Å². The summed E-state index contributed by atoms with van der Waals surface area (Å²) in [5, 5.41) is 10.2. The fraction of sp³-hybridized carbons (Fsp3) is 0.400. The molecule has 2 atom stereocenters. The van der Waals surface area contributed by atoms with Gasteiger partial charge in [-0.05, 0) is 25.8 Å². The molecule has 0 saturated carbocycles. The third kappa shape index (κ3) is 2.67. The number of aromatic nitrogens is 2. The SMILES string of the molecule is C[C@H](NC(=O)c1n[nH]c(=O)c2ccccc12)[C@@H]1CCCO1. The Labute approximate surface area is 121 Å². The van der Waals surface area contributed by atoms with Crippen LogP contribution in [0.3, 0.4) is 0 Å². The highest BCUT2D eigenvalue weighted by molar-refractivity contribution is 6.04. The molecule has 0 bridgehead atoms. The Balaban J connectivity index is 1.88. The highest BCUT2D eigenvalue weighted by Crippen LogP contribution is 2.17. The molecular formula is C15H17N3O3. The van der Waals surface area contributed by atoms with E-state index < -0.39 is 0 Å². The first kappa shape index (κ1) is 13.8. The number of carbonyl (C=O) groups excluding carboxylic acids is 1. The molecule has 0 unspecified atom stereocenters. The van der Waals surface area contributed by atoms with Gasteiger partial charge in [0.1, 0.15) is 0 Å². The van der Waals surface area contributed by atoms with Gasteiger partial charge in [0.2, 0.25) is 0 Å². The average Bonchev–Trinajstić information content (AvgIpc) is 3.02. The summed E-state index contributed by atoms with van der Waals surface area (Å²) in [5.74, 6) is -0.301. The first-order valence-electron chi connectivity index (χ1n) is 7.06. The lowest BCUT2D eigenvalue weighted by Crippen LogP contribution is -2.41. The molecular weight excluding hydrogens is 270 g/mol. The lowest BCUT2D eigenvalue weighted by molar-refractivity contribution is 0.0710. The van der Waals surface area contributed by atoms with Crippen LogP contribution in [0.2, 0.25) is 0 Å². The van der Waals surface area contributed by atoms with Crippen molar-refractivity contribution < 1.29 is 9.53 Å². The average molecular weight is 287 g/mol. The molecule has 0 aliphatic carbocycles. The fourth-order valence-electron chi connectivity index (χ4n) is 2.65. The number of benzene rings is 1. The van der Waals surface area contributed by atoms with Gasteiger partial charge in [-0.25, -0.2) is 5.10 Å². The summed E-state index contributed by atoms with van der Waals surface area (Å²) in [5.41, 5.74) is -0.0654. The monoisotopic (exact) mass is 287 g/mol. The van der Waals surface area contributed by atoms with Gasteiger partial charge in [0.25, 0.3) is 11.5 Å². The Hall–Kier alpha value is -2.21. The minimum Gasteiger partial charge on any atom is -0.376 e. The second kappa shape index (κ2) is 5.65. The molecule has 1 aliphatic heterocycles. The van der Waals surface area contributed by atoms with Crippen LogP contribution in [0, 0.1) is 0 Å². The number of amides is 1. The molecule has 2 heterocycles. The van der Waals surface area contributed by atoms with Gasteiger partial charge in [0.05, 0.1) is 17.5 Å². The summed E-state index contributed by atoms with van der Waals surface area (Å²) in [6, 6.07) is 6.85. The Morgan fingerprint density at radius 2 is 2.19 bits per heavy atom. The topological polar surface area (TPSA) is 84.1 Å². The van der Waals surface area contributed by atoms with Crippen LogP contribution in [0.4, 0.5) is 0 Å². The second-order valence-electron chi connectivity index (χ2n) is 5.26. The van der Waals surface area contributed by atoms with E-state index in [4.69, 9.17) is 4.74 Å². The van der Waals surface area contributed by atoms with Crippen LogP contribution < -0.4 is 10.9 Å². The normalized spacial score (nSPS) is 19.6.